The van der Waals surface area contributed by atoms with Crippen LogP contribution in [0.2, 0.25) is 0 Å². The Hall–Kier alpha value is -1.93. The summed E-state index contributed by atoms with van der Waals surface area (Å²) in [7, 11) is 0. The van der Waals surface area contributed by atoms with Crippen molar-refractivity contribution >= 4 is 15.9 Å². The summed E-state index contributed by atoms with van der Waals surface area (Å²) in [4.78, 5) is 14.3. The summed E-state index contributed by atoms with van der Waals surface area (Å²) in [6, 6.07) is 8.13. The molecule has 0 saturated carbocycles. The molecule has 2 aromatic rings. The maximum atomic E-state index is 14.1. The van der Waals surface area contributed by atoms with Crippen LogP contribution in [0, 0.1) is 24.1 Å². The number of aromatic amines is 1. The molecule has 0 bridgehead atoms. The zero-order valence-corrected chi connectivity index (χ0v) is 11.7. The molecule has 19 heavy (non-hydrogen) atoms. The van der Waals surface area contributed by atoms with Crippen LogP contribution in [0.4, 0.5) is 4.39 Å². The van der Waals surface area contributed by atoms with Crippen LogP contribution in [0.25, 0.3) is 11.1 Å². The van der Waals surface area contributed by atoms with Crippen molar-refractivity contribution in [2.24, 2.45) is 0 Å². The Labute approximate surface area is 117 Å². The molecule has 96 valence electrons. The highest BCUT2D eigenvalue weighted by Gasteiger charge is 2.16. The summed E-state index contributed by atoms with van der Waals surface area (Å²) in [5, 5.41) is 9.54. The molecule has 5 heteroatoms. The van der Waals surface area contributed by atoms with E-state index in [1.807, 2.05) is 6.07 Å². The molecule has 0 unspecified atom stereocenters. The van der Waals surface area contributed by atoms with Crippen molar-refractivity contribution in [3.8, 4) is 17.2 Å². The van der Waals surface area contributed by atoms with Gasteiger partial charge in [0.05, 0.1) is 0 Å². The molecule has 0 spiro atoms. The smallest absolute Gasteiger partial charge is 0.266 e. The Morgan fingerprint density at radius 3 is 2.84 bits per heavy atom. The van der Waals surface area contributed by atoms with Gasteiger partial charge in [-0.1, -0.05) is 28.1 Å². The van der Waals surface area contributed by atoms with Crippen molar-refractivity contribution in [3.05, 3.63) is 57.3 Å². The van der Waals surface area contributed by atoms with Crippen LogP contribution in [-0.4, -0.2) is 4.98 Å². The number of hydrogen-bond donors (Lipinski definition) is 1. The Morgan fingerprint density at radius 1 is 1.47 bits per heavy atom. The van der Waals surface area contributed by atoms with Gasteiger partial charge in [0.25, 0.3) is 5.56 Å². The number of aryl methyl sites for hydroxylation is 1. The van der Waals surface area contributed by atoms with E-state index < -0.39 is 11.4 Å². The molecule has 1 aromatic heterocycles. The first-order valence-corrected chi connectivity index (χ1v) is 6.68. The molecular formula is C14H10BrFN2O. The molecule has 0 fully saturated rings. The summed E-state index contributed by atoms with van der Waals surface area (Å²) in [6.45, 7) is 1.70. The highest BCUT2D eigenvalue weighted by Crippen LogP contribution is 2.30. The topological polar surface area (TPSA) is 56.6 Å². The molecular weight excluding hydrogens is 311 g/mol. The number of alkyl halides is 1. The largest absolute Gasteiger partial charge is 0.325 e. The zero-order valence-electron chi connectivity index (χ0n) is 10.1. The predicted molar refractivity (Wildman–Crippen MR) is 74.5 cm³/mol. The van der Waals surface area contributed by atoms with E-state index in [4.69, 9.17) is 5.26 Å². The second kappa shape index (κ2) is 5.37. The number of benzene rings is 1. The molecule has 0 radical (unpaired) electrons. The Morgan fingerprint density at radius 2 is 2.21 bits per heavy atom. The van der Waals surface area contributed by atoms with E-state index in [0.717, 1.165) is 0 Å². The lowest BCUT2D eigenvalue weighted by molar-refractivity contribution is 0.630. The van der Waals surface area contributed by atoms with Gasteiger partial charge in [-0.15, -0.1) is 0 Å². The Kier molecular flexibility index (Phi) is 3.82. The Bertz CT molecular complexity index is 731. The molecule has 0 saturated heterocycles. The van der Waals surface area contributed by atoms with Crippen LogP contribution in [0.3, 0.4) is 0 Å². The van der Waals surface area contributed by atoms with Crippen molar-refractivity contribution in [2.75, 3.05) is 0 Å². The van der Waals surface area contributed by atoms with Gasteiger partial charge in [0, 0.05) is 22.2 Å². The van der Waals surface area contributed by atoms with Gasteiger partial charge in [0.1, 0.15) is 17.4 Å². The van der Waals surface area contributed by atoms with Crippen LogP contribution in [-0.2, 0) is 5.33 Å². The van der Waals surface area contributed by atoms with Gasteiger partial charge in [-0.05, 0) is 24.6 Å². The van der Waals surface area contributed by atoms with Crippen LogP contribution >= 0.6 is 15.9 Å². The second-order valence-electron chi connectivity index (χ2n) is 4.09. The Balaban J connectivity index is 2.87. The average molecular weight is 321 g/mol. The van der Waals surface area contributed by atoms with E-state index in [9.17, 15) is 9.18 Å². The standard InChI is InChI=1S/C14H10BrFN2O/c1-8-5-10(11(7-17)14(19)18-8)13-9(6-15)3-2-4-12(13)16/h2-5H,6H2,1H3,(H,18,19). The lowest BCUT2D eigenvalue weighted by Gasteiger charge is -2.10. The van der Waals surface area contributed by atoms with Gasteiger partial charge in [-0.2, -0.15) is 5.26 Å². The SMILES string of the molecule is Cc1cc(-c2c(F)cccc2CBr)c(C#N)c(=O)[nH]1. The average Bonchev–Trinajstić information content (AvgIpc) is 2.37. The minimum absolute atomic E-state index is 0.0714. The van der Waals surface area contributed by atoms with Gasteiger partial charge in [-0.3, -0.25) is 4.79 Å². The van der Waals surface area contributed by atoms with Crippen molar-refractivity contribution in [3.63, 3.8) is 0 Å². The predicted octanol–water partition coefficient (Wildman–Crippen LogP) is 3.26. The molecule has 2 rings (SSSR count). The van der Waals surface area contributed by atoms with E-state index in [-0.39, 0.29) is 5.56 Å². The highest BCUT2D eigenvalue weighted by molar-refractivity contribution is 9.08. The molecule has 1 N–H and O–H groups in total. The molecule has 0 aliphatic carbocycles. The van der Waals surface area contributed by atoms with Crippen LogP contribution in [0.5, 0.6) is 0 Å². The fourth-order valence-corrected chi connectivity index (χ4v) is 2.45. The quantitative estimate of drug-likeness (QED) is 0.863. The summed E-state index contributed by atoms with van der Waals surface area (Å²) in [6.07, 6.45) is 0. The molecule has 0 atom stereocenters. The van der Waals surface area contributed by atoms with Gasteiger partial charge in [0.2, 0.25) is 0 Å². The number of nitriles is 1. The van der Waals surface area contributed by atoms with Crippen molar-refractivity contribution in [2.45, 2.75) is 12.3 Å². The molecule has 1 heterocycles. The van der Waals surface area contributed by atoms with E-state index in [1.54, 1.807) is 25.1 Å². The fraction of sp³-hybridized carbons (Fsp3) is 0.143. The number of nitrogens with zero attached hydrogens (tertiary/aromatic N) is 1. The normalized spacial score (nSPS) is 10.2. The third-order valence-corrected chi connectivity index (χ3v) is 3.40. The van der Waals surface area contributed by atoms with Crippen molar-refractivity contribution in [1.29, 1.82) is 5.26 Å². The summed E-state index contributed by atoms with van der Waals surface area (Å²) in [5.74, 6) is -0.446. The number of pyridine rings is 1. The van der Waals surface area contributed by atoms with Gasteiger partial charge in [-0.25, -0.2) is 4.39 Å². The van der Waals surface area contributed by atoms with E-state index in [1.165, 1.54) is 6.07 Å². The van der Waals surface area contributed by atoms with E-state index in [0.29, 0.717) is 27.7 Å². The van der Waals surface area contributed by atoms with Crippen LogP contribution < -0.4 is 5.56 Å². The number of halogens is 2. The number of hydrogen-bond acceptors (Lipinski definition) is 2. The molecule has 0 amide bonds. The second-order valence-corrected chi connectivity index (χ2v) is 4.65. The lowest BCUT2D eigenvalue weighted by Crippen LogP contribution is -2.13. The zero-order chi connectivity index (χ0) is 14.0. The van der Waals surface area contributed by atoms with Crippen molar-refractivity contribution < 1.29 is 4.39 Å². The summed E-state index contributed by atoms with van der Waals surface area (Å²) < 4.78 is 14.1. The summed E-state index contributed by atoms with van der Waals surface area (Å²) in [5.41, 5.74) is 1.34. The van der Waals surface area contributed by atoms with E-state index in [2.05, 4.69) is 20.9 Å². The third kappa shape index (κ3) is 2.45. The maximum absolute atomic E-state index is 14.1. The van der Waals surface area contributed by atoms with Gasteiger partial charge < -0.3 is 4.98 Å². The van der Waals surface area contributed by atoms with E-state index >= 15 is 0 Å². The molecule has 0 aliphatic rings. The molecule has 0 aliphatic heterocycles. The third-order valence-electron chi connectivity index (χ3n) is 2.79. The first-order chi connectivity index (χ1) is 9.08. The van der Waals surface area contributed by atoms with Gasteiger partial charge >= 0.3 is 0 Å². The number of H-pyrrole nitrogens is 1. The molecule has 1 aromatic carbocycles. The van der Waals surface area contributed by atoms with Crippen molar-refractivity contribution in [1.82, 2.24) is 4.98 Å². The first kappa shape index (κ1) is 13.5. The van der Waals surface area contributed by atoms with Crippen LogP contribution in [0.1, 0.15) is 16.8 Å². The fourth-order valence-electron chi connectivity index (χ4n) is 1.98. The van der Waals surface area contributed by atoms with Gasteiger partial charge in [0.15, 0.2) is 0 Å². The minimum Gasteiger partial charge on any atom is -0.325 e. The number of nitrogens with one attached hydrogen (secondary N) is 1. The number of rotatable bonds is 2. The lowest BCUT2D eigenvalue weighted by atomic mass is 9.96. The summed E-state index contributed by atoms with van der Waals surface area (Å²) >= 11 is 3.29. The first-order valence-electron chi connectivity index (χ1n) is 5.56. The molecule has 3 nitrogen and oxygen atoms in total. The highest BCUT2D eigenvalue weighted by atomic mass is 79.9. The maximum Gasteiger partial charge on any atom is 0.266 e. The van der Waals surface area contributed by atoms with Crippen LogP contribution in [0.15, 0.2) is 29.1 Å². The minimum atomic E-state index is -0.499. The number of aromatic nitrogens is 1. The monoisotopic (exact) mass is 320 g/mol.